The van der Waals surface area contributed by atoms with E-state index in [4.69, 9.17) is 0 Å². The molecule has 4 aromatic rings. The monoisotopic (exact) mass is 408 g/mol. The molecule has 0 unspecified atom stereocenters. The van der Waals surface area contributed by atoms with E-state index >= 15 is 0 Å². The van der Waals surface area contributed by atoms with Gasteiger partial charge in [-0.25, -0.2) is 0 Å². The van der Waals surface area contributed by atoms with E-state index in [9.17, 15) is 18.0 Å². The molecule has 4 rings (SSSR count). The van der Waals surface area contributed by atoms with Crippen LogP contribution in [-0.4, -0.2) is 20.9 Å². The number of carbonyl (C=O) groups excluding carboxylic acids is 1. The molecule has 8 heteroatoms. The molecular weight excluding hydrogens is 393 g/mol. The fourth-order valence-corrected chi connectivity index (χ4v) is 2.85. The van der Waals surface area contributed by atoms with Gasteiger partial charge in [-0.05, 0) is 36.4 Å². The smallest absolute Gasteiger partial charge is 0.303 e. The fraction of sp³-hybridized carbons (Fsp3) is 0.0455. The largest absolute Gasteiger partial charge is 0.416 e. The molecule has 1 heterocycles. The summed E-state index contributed by atoms with van der Waals surface area (Å²) < 4.78 is 38.5. The highest BCUT2D eigenvalue weighted by molar-refractivity contribution is 6.05. The molecule has 0 saturated heterocycles. The van der Waals surface area contributed by atoms with Crippen molar-refractivity contribution >= 4 is 11.7 Å². The molecule has 1 N–H and O–H groups in total. The first-order valence-corrected chi connectivity index (χ1v) is 8.98. The van der Waals surface area contributed by atoms with Crippen LogP contribution < -0.4 is 5.32 Å². The van der Waals surface area contributed by atoms with Gasteiger partial charge < -0.3 is 5.32 Å². The van der Waals surface area contributed by atoms with Crippen molar-refractivity contribution in [1.29, 1.82) is 0 Å². The molecule has 0 aliphatic heterocycles. The molecule has 0 spiro atoms. The predicted molar refractivity (Wildman–Crippen MR) is 106 cm³/mol. The van der Waals surface area contributed by atoms with Gasteiger partial charge in [0.25, 0.3) is 5.91 Å². The third kappa shape index (κ3) is 4.07. The Bertz CT molecular complexity index is 1150. The number of benzene rings is 3. The van der Waals surface area contributed by atoms with Crippen molar-refractivity contribution in [3.8, 4) is 16.9 Å². The standard InChI is InChI=1S/C22H15F3N4O/c23-22(24,25)17-11-13-18(14-12-17)29-27-19(15-7-3-1-4-8-15)20(28-29)26-21(30)16-9-5-2-6-10-16/h1-14H,(H,26,28,30). The predicted octanol–water partition coefficient (Wildman–Crippen LogP) is 5.21. The van der Waals surface area contributed by atoms with E-state index in [1.165, 1.54) is 16.9 Å². The Morgan fingerprint density at radius 1 is 0.800 bits per heavy atom. The number of halogens is 3. The number of nitrogens with one attached hydrogen (secondary N) is 1. The van der Waals surface area contributed by atoms with Crippen molar-refractivity contribution in [3.63, 3.8) is 0 Å². The van der Waals surface area contributed by atoms with Crippen LogP contribution in [0, 0.1) is 0 Å². The van der Waals surface area contributed by atoms with E-state index in [1.807, 2.05) is 18.2 Å². The number of aromatic nitrogens is 3. The van der Waals surface area contributed by atoms with E-state index < -0.39 is 11.7 Å². The van der Waals surface area contributed by atoms with Gasteiger partial charge >= 0.3 is 6.18 Å². The van der Waals surface area contributed by atoms with E-state index in [0.29, 0.717) is 22.5 Å². The third-order valence-electron chi connectivity index (χ3n) is 4.35. The molecule has 30 heavy (non-hydrogen) atoms. The van der Waals surface area contributed by atoms with Crippen LogP contribution in [0.3, 0.4) is 0 Å². The molecule has 0 fully saturated rings. The summed E-state index contributed by atoms with van der Waals surface area (Å²) in [5, 5.41) is 11.4. The van der Waals surface area contributed by atoms with Crippen LogP contribution in [0.4, 0.5) is 19.0 Å². The molecule has 150 valence electrons. The maximum Gasteiger partial charge on any atom is 0.416 e. The molecule has 0 aliphatic carbocycles. The highest BCUT2D eigenvalue weighted by atomic mass is 19.4. The first-order chi connectivity index (χ1) is 14.4. The van der Waals surface area contributed by atoms with Gasteiger partial charge in [0.05, 0.1) is 11.3 Å². The van der Waals surface area contributed by atoms with Crippen molar-refractivity contribution in [2.45, 2.75) is 6.18 Å². The number of anilines is 1. The fourth-order valence-electron chi connectivity index (χ4n) is 2.85. The maximum atomic E-state index is 12.8. The van der Waals surface area contributed by atoms with Gasteiger partial charge in [0, 0.05) is 11.1 Å². The molecule has 0 radical (unpaired) electrons. The second kappa shape index (κ2) is 7.82. The number of carbonyl (C=O) groups is 1. The first kappa shape index (κ1) is 19.4. The Balaban J connectivity index is 1.72. The molecular formula is C22H15F3N4O. The lowest BCUT2D eigenvalue weighted by Crippen LogP contribution is -2.13. The second-order valence-corrected chi connectivity index (χ2v) is 6.42. The van der Waals surface area contributed by atoms with E-state index in [2.05, 4.69) is 15.5 Å². The summed E-state index contributed by atoms with van der Waals surface area (Å²) in [5.74, 6) is -0.165. The topological polar surface area (TPSA) is 59.8 Å². The highest BCUT2D eigenvalue weighted by Gasteiger charge is 2.30. The van der Waals surface area contributed by atoms with Crippen LogP contribution in [0.5, 0.6) is 0 Å². The Hall–Kier alpha value is -3.94. The normalized spacial score (nSPS) is 11.3. The van der Waals surface area contributed by atoms with Gasteiger partial charge in [0.2, 0.25) is 0 Å². The molecule has 5 nitrogen and oxygen atoms in total. The number of nitrogens with zero attached hydrogens (tertiary/aromatic N) is 3. The van der Waals surface area contributed by atoms with Gasteiger partial charge in [-0.1, -0.05) is 48.5 Å². The Morgan fingerprint density at radius 2 is 1.40 bits per heavy atom. The quantitative estimate of drug-likeness (QED) is 0.505. The van der Waals surface area contributed by atoms with Crippen molar-refractivity contribution < 1.29 is 18.0 Å². The number of rotatable bonds is 4. The molecule has 0 atom stereocenters. The van der Waals surface area contributed by atoms with Gasteiger partial charge in [0.1, 0.15) is 5.69 Å². The van der Waals surface area contributed by atoms with Crippen LogP contribution in [0.1, 0.15) is 15.9 Å². The molecule has 0 aliphatic rings. The molecule has 1 amide bonds. The van der Waals surface area contributed by atoms with Crippen molar-refractivity contribution in [1.82, 2.24) is 15.0 Å². The summed E-state index contributed by atoms with van der Waals surface area (Å²) in [6.45, 7) is 0. The number of amides is 1. The van der Waals surface area contributed by atoms with Crippen LogP contribution >= 0.6 is 0 Å². The van der Waals surface area contributed by atoms with Crippen molar-refractivity contribution in [3.05, 3.63) is 96.1 Å². The summed E-state index contributed by atoms with van der Waals surface area (Å²) in [7, 11) is 0. The third-order valence-corrected chi connectivity index (χ3v) is 4.35. The summed E-state index contributed by atoms with van der Waals surface area (Å²) in [5.41, 5.74) is 1.12. The SMILES string of the molecule is O=C(Nc1nn(-c2ccc(C(F)(F)F)cc2)nc1-c1ccccc1)c1ccccc1. The molecule has 0 bridgehead atoms. The van der Waals surface area contributed by atoms with Crippen LogP contribution in [0.15, 0.2) is 84.9 Å². The maximum absolute atomic E-state index is 12.8. The van der Waals surface area contributed by atoms with E-state index in [-0.39, 0.29) is 11.7 Å². The molecule has 0 saturated carbocycles. The van der Waals surface area contributed by atoms with E-state index in [1.54, 1.807) is 42.5 Å². The Morgan fingerprint density at radius 3 is 2.00 bits per heavy atom. The first-order valence-electron chi connectivity index (χ1n) is 8.98. The zero-order chi connectivity index (χ0) is 21.1. The average molecular weight is 408 g/mol. The minimum Gasteiger partial charge on any atom is -0.303 e. The molecule has 3 aromatic carbocycles. The zero-order valence-corrected chi connectivity index (χ0v) is 15.5. The highest BCUT2D eigenvalue weighted by Crippen LogP contribution is 2.30. The minimum absolute atomic E-state index is 0.204. The lowest BCUT2D eigenvalue weighted by molar-refractivity contribution is -0.137. The lowest BCUT2D eigenvalue weighted by Gasteiger charge is -2.06. The van der Waals surface area contributed by atoms with Gasteiger partial charge in [0.15, 0.2) is 5.82 Å². The second-order valence-electron chi connectivity index (χ2n) is 6.42. The average Bonchev–Trinajstić information content (AvgIpc) is 3.18. The van der Waals surface area contributed by atoms with Crippen molar-refractivity contribution in [2.75, 3.05) is 5.32 Å². The van der Waals surface area contributed by atoms with Crippen LogP contribution in [0.25, 0.3) is 16.9 Å². The van der Waals surface area contributed by atoms with Gasteiger partial charge in [-0.3, -0.25) is 4.79 Å². The lowest BCUT2D eigenvalue weighted by atomic mass is 10.1. The summed E-state index contributed by atoms with van der Waals surface area (Å²) >= 11 is 0. The number of alkyl halides is 3. The Kier molecular flexibility index (Phi) is 5.05. The van der Waals surface area contributed by atoms with Gasteiger partial charge in [-0.15, -0.1) is 15.0 Å². The van der Waals surface area contributed by atoms with Crippen LogP contribution in [-0.2, 0) is 6.18 Å². The summed E-state index contributed by atoms with van der Waals surface area (Å²) in [6, 6.07) is 22.2. The number of hydrogen-bond acceptors (Lipinski definition) is 3. The summed E-state index contributed by atoms with van der Waals surface area (Å²) in [6.07, 6.45) is -4.43. The minimum atomic E-state index is -4.43. The van der Waals surface area contributed by atoms with Crippen molar-refractivity contribution in [2.24, 2.45) is 0 Å². The zero-order valence-electron chi connectivity index (χ0n) is 15.5. The molecule has 1 aromatic heterocycles. The van der Waals surface area contributed by atoms with E-state index in [0.717, 1.165) is 12.1 Å². The Labute approximate surface area is 169 Å². The number of hydrogen-bond donors (Lipinski definition) is 1. The van der Waals surface area contributed by atoms with Gasteiger partial charge in [-0.2, -0.15) is 13.2 Å². The van der Waals surface area contributed by atoms with Crippen LogP contribution in [0.2, 0.25) is 0 Å². The summed E-state index contributed by atoms with van der Waals surface area (Å²) in [4.78, 5) is 13.8.